The number of Topliss-reactive ketones (excluding diaryl/α,β-unsaturated/α-hetero) is 1. The number of rotatable bonds is 7. The molecule has 0 aromatic heterocycles. The molecule has 0 amide bonds. The zero-order valence-electron chi connectivity index (χ0n) is 13.3. The van der Waals surface area contributed by atoms with E-state index in [1.54, 1.807) is 7.11 Å². The summed E-state index contributed by atoms with van der Waals surface area (Å²) < 4.78 is 5.12. The zero-order chi connectivity index (χ0) is 15.2. The summed E-state index contributed by atoms with van der Waals surface area (Å²) >= 11 is 0. The first kappa shape index (κ1) is 16.0. The normalized spacial score (nSPS) is 19.1. The molecule has 0 spiro atoms. The van der Waals surface area contributed by atoms with Crippen LogP contribution >= 0.6 is 0 Å². The summed E-state index contributed by atoms with van der Waals surface area (Å²) in [6.45, 7) is 5.95. The van der Waals surface area contributed by atoms with Crippen molar-refractivity contribution in [1.29, 1.82) is 0 Å². The van der Waals surface area contributed by atoms with Gasteiger partial charge in [-0.25, -0.2) is 0 Å². The van der Waals surface area contributed by atoms with Gasteiger partial charge in [-0.3, -0.25) is 14.6 Å². The van der Waals surface area contributed by atoms with Crippen LogP contribution in [0.5, 0.6) is 5.75 Å². The van der Waals surface area contributed by atoms with Gasteiger partial charge in [-0.15, -0.1) is 0 Å². The van der Waals surface area contributed by atoms with Crippen molar-refractivity contribution in [3.8, 4) is 5.75 Å². The van der Waals surface area contributed by atoms with Crippen LogP contribution in [0, 0.1) is 0 Å². The Kier molecular flexibility index (Phi) is 5.76. The van der Waals surface area contributed by atoms with Crippen LogP contribution in [-0.2, 0) is 0 Å². The summed E-state index contributed by atoms with van der Waals surface area (Å²) in [6.07, 6.45) is 2.52. The van der Waals surface area contributed by atoms with E-state index in [2.05, 4.69) is 16.7 Å². The molecular weight excluding hydrogens is 264 g/mol. The average Bonchev–Trinajstić information content (AvgIpc) is 2.94. The number of methoxy groups -OCH3 is 1. The lowest BCUT2D eigenvalue weighted by molar-refractivity contribution is 0.0929. The van der Waals surface area contributed by atoms with E-state index in [0.29, 0.717) is 12.6 Å². The number of ether oxygens (including phenoxy) is 1. The molecule has 0 aliphatic carbocycles. The molecule has 1 aromatic rings. The molecule has 21 heavy (non-hydrogen) atoms. The maximum Gasteiger partial charge on any atom is 0.176 e. The van der Waals surface area contributed by atoms with Crippen LogP contribution < -0.4 is 4.74 Å². The van der Waals surface area contributed by atoms with E-state index in [1.165, 1.54) is 19.4 Å². The topological polar surface area (TPSA) is 32.8 Å². The van der Waals surface area contributed by atoms with Crippen LogP contribution in [0.25, 0.3) is 0 Å². The lowest BCUT2D eigenvalue weighted by Gasteiger charge is -2.27. The minimum atomic E-state index is 0.168. The van der Waals surface area contributed by atoms with Crippen LogP contribution in [0.15, 0.2) is 24.3 Å². The fraction of sp³-hybridized carbons (Fsp3) is 0.588. The van der Waals surface area contributed by atoms with Gasteiger partial charge in [-0.1, -0.05) is 6.92 Å². The van der Waals surface area contributed by atoms with E-state index in [9.17, 15) is 4.79 Å². The monoisotopic (exact) mass is 290 g/mol. The molecule has 2 rings (SSSR count). The Morgan fingerprint density at radius 2 is 2.10 bits per heavy atom. The van der Waals surface area contributed by atoms with Crippen molar-refractivity contribution in [2.75, 3.05) is 40.3 Å². The van der Waals surface area contributed by atoms with Gasteiger partial charge in [0.05, 0.1) is 13.7 Å². The Morgan fingerprint density at radius 1 is 1.38 bits per heavy atom. The predicted octanol–water partition coefficient (Wildman–Crippen LogP) is 2.29. The van der Waals surface area contributed by atoms with E-state index < -0.39 is 0 Å². The van der Waals surface area contributed by atoms with Crippen molar-refractivity contribution in [2.45, 2.75) is 25.8 Å². The molecule has 1 aromatic carbocycles. The van der Waals surface area contributed by atoms with Crippen LogP contribution in [-0.4, -0.2) is 62.0 Å². The zero-order valence-corrected chi connectivity index (χ0v) is 13.3. The molecule has 1 saturated heterocycles. The van der Waals surface area contributed by atoms with Crippen molar-refractivity contribution < 1.29 is 9.53 Å². The smallest absolute Gasteiger partial charge is 0.176 e. The summed E-state index contributed by atoms with van der Waals surface area (Å²) in [5, 5.41) is 0. The minimum Gasteiger partial charge on any atom is -0.497 e. The van der Waals surface area contributed by atoms with E-state index in [1.807, 2.05) is 31.3 Å². The number of carbonyl (C=O) groups excluding carboxylic acids is 1. The average molecular weight is 290 g/mol. The number of hydrogen-bond acceptors (Lipinski definition) is 4. The fourth-order valence-electron chi connectivity index (χ4n) is 3.06. The first-order chi connectivity index (χ1) is 10.1. The van der Waals surface area contributed by atoms with Gasteiger partial charge < -0.3 is 4.74 Å². The Labute approximate surface area is 127 Å². The third-order valence-electron chi connectivity index (χ3n) is 4.25. The summed E-state index contributed by atoms with van der Waals surface area (Å²) in [5.74, 6) is 0.950. The standard InChI is InChI=1S/C17H26N2O2/c1-4-19-11-5-6-15(19)12-18(2)13-17(20)14-7-9-16(21-3)10-8-14/h7-10,15H,4-6,11-13H2,1-3H3. The second-order valence-electron chi connectivity index (χ2n) is 5.77. The van der Waals surface area contributed by atoms with Gasteiger partial charge in [0, 0.05) is 18.2 Å². The molecule has 1 unspecified atom stereocenters. The lowest BCUT2D eigenvalue weighted by atomic mass is 10.1. The molecule has 0 N–H and O–H groups in total. The number of likely N-dealkylation sites (tertiary alicyclic amines) is 1. The van der Waals surface area contributed by atoms with E-state index >= 15 is 0 Å². The van der Waals surface area contributed by atoms with Crippen LogP contribution in [0.3, 0.4) is 0 Å². The van der Waals surface area contributed by atoms with E-state index in [-0.39, 0.29) is 5.78 Å². The highest BCUT2D eigenvalue weighted by Crippen LogP contribution is 2.17. The van der Waals surface area contributed by atoms with Crippen LogP contribution in [0.4, 0.5) is 0 Å². The maximum absolute atomic E-state index is 12.3. The number of likely N-dealkylation sites (N-methyl/N-ethyl adjacent to an activating group) is 2. The molecule has 4 heteroatoms. The third-order valence-corrected chi connectivity index (χ3v) is 4.25. The lowest BCUT2D eigenvalue weighted by Crippen LogP contribution is -2.40. The molecule has 0 saturated carbocycles. The quantitative estimate of drug-likeness (QED) is 0.721. The Morgan fingerprint density at radius 3 is 2.71 bits per heavy atom. The largest absolute Gasteiger partial charge is 0.497 e. The van der Waals surface area contributed by atoms with Gasteiger partial charge in [0.15, 0.2) is 5.78 Å². The molecule has 1 aliphatic rings. The van der Waals surface area contributed by atoms with E-state index in [4.69, 9.17) is 4.74 Å². The molecule has 0 radical (unpaired) electrons. The number of nitrogens with zero attached hydrogens (tertiary/aromatic N) is 2. The van der Waals surface area contributed by atoms with Crippen molar-refractivity contribution in [1.82, 2.24) is 9.80 Å². The van der Waals surface area contributed by atoms with Crippen LogP contribution in [0.1, 0.15) is 30.1 Å². The molecule has 1 atom stereocenters. The molecule has 0 bridgehead atoms. The highest BCUT2D eigenvalue weighted by molar-refractivity contribution is 5.97. The second kappa shape index (κ2) is 7.57. The molecule has 1 heterocycles. The maximum atomic E-state index is 12.3. The highest BCUT2D eigenvalue weighted by atomic mass is 16.5. The summed E-state index contributed by atoms with van der Waals surface area (Å²) in [7, 11) is 3.67. The van der Waals surface area contributed by atoms with Gasteiger partial charge in [-0.2, -0.15) is 0 Å². The van der Waals surface area contributed by atoms with Crippen molar-refractivity contribution >= 4 is 5.78 Å². The Hall–Kier alpha value is -1.39. The summed E-state index contributed by atoms with van der Waals surface area (Å²) in [4.78, 5) is 16.9. The molecule has 1 fully saturated rings. The SMILES string of the molecule is CCN1CCCC1CN(C)CC(=O)c1ccc(OC)cc1. The number of ketones is 1. The highest BCUT2D eigenvalue weighted by Gasteiger charge is 2.24. The van der Waals surface area contributed by atoms with Gasteiger partial charge in [0.2, 0.25) is 0 Å². The first-order valence-electron chi connectivity index (χ1n) is 7.74. The summed E-state index contributed by atoms with van der Waals surface area (Å²) in [6, 6.07) is 7.95. The Bertz CT molecular complexity index is 458. The van der Waals surface area contributed by atoms with Gasteiger partial charge in [-0.05, 0) is 57.2 Å². The molecule has 1 aliphatic heterocycles. The number of carbonyl (C=O) groups is 1. The fourth-order valence-corrected chi connectivity index (χ4v) is 3.06. The number of hydrogen-bond donors (Lipinski definition) is 0. The van der Waals surface area contributed by atoms with Crippen molar-refractivity contribution in [2.24, 2.45) is 0 Å². The minimum absolute atomic E-state index is 0.168. The molecular formula is C17H26N2O2. The third kappa shape index (κ3) is 4.29. The second-order valence-corrected chi connectivity index (χ2v) is 5.77. The molecule has 4 nitrogen and oxygen atoms in total. The van der Waals surface area contributed by atoms with Crippen molar-refractivity contribution in [3.05, 3.63) is 29.8 Å². The van der Waals surface area contributed by atoms with E-state index in [0.717, 1.165) is 24.4 Å². The molecule has 116 valence electrons. The predicted molar refractivity (Wildman–Crippen MR) is 85.1 cm³/mol. The van der Waals surface area contributed by atoms with Gasteiger partial charge in [0.1, 0.15) is 5.75 Å². The summed E-state index contributed by atoms with van der Waals surface area (Å²) in [5.41, 5.74) is 0.751. The van der Waals surface area contributed by atoms with Gasteiger partial charge >= 0.3 is 0 Å². The van der Waals surface area contributed by atoms with Crippen molar-refractivity contribution in [3.63, 3.8) is 0 Å². The Balaban J connectivity index is 1.86. The van der Waals surface area contributed by atoms with Gasteiger partial charge in [0.25, 0.3) is 0 Å². The number of benzene rings is 1. The van der Waals surface area contributed by atoms with Crippen LogP contribution in [0.2, 0.25) is 0 Å². The first-order valence-corrected chi connectivity index (χ1v) is 7.74.